The van der Waals surface area contributed by atoms with Gasteiger partial charge >= 0.3 is 17.9 Å². The normalized spacial score (nSPS) is 10.1. The summed E-state index contributed by atoms with van der Waals surface area (Å²) in [6.07, 6.45) is 0. The molecule has 0 saturated heterocycles. The summed E-state index contributed by atoms with van der Waals surface area (Å²) >= 11 is 0. The van der Waals surface area contributed by atoms with Crippen molar-refractivity contribution in [1.29, 1.82) is 0 Å². The Morgan fingerprint density at radius 1 is 0.692 bits per heavy atom. The van der Waals surface area contributed by atoms with E-state index >= 15 is 0 Å². The highest BCUT2D eigenvalue weighted by Crippen LogP contribution is 2.38. The first kappa shape index (κ1) is 18.6. The van der Waals surface area contributed by atoms with Crippen molar-refractivity contribution in [1.82, 2.24) is 0 Å². The lowest BCUT2D eigenvalue weighted by atomic mass is 10.1. The quantitative estimate of drug-likeness (QED) is 0.678. The Kier molecular flexibility index (Phi) is 5.31. The molecule has 0 aliphatic carbocycles. The van der Waals surface area contributed by atoms with Crippen LogP contribution in [0.3, 0.4) is 0 Å². The van der Waals surface area contributed by atoms with Crippen LogP contribution < -0.4 is 14.2 Å². The minimum absolute atomic E-state index is 0.0169. The second-order valence-corrected chi connectivity index (χ2v) is 4.93. The highest BCUT2D eigenvalue weighted by molar-refractivity contribution is 6.02. The van der Waals surface area contributed by atoms with Gasteiger partial charge in [0.25, 0.3) is 0 Å². The van der Waals surface area contributed by atoms with Crippen LogP contribution in [0.25, 0.3) is 0 Å². The third-order valence-corrected chi connectivity index (χ3v) is 3.40. The Hall–Kier alpha value is -3.75. The maximum Gasteiger partial charge on any atom is 0.336 e. The zero-order chi connectivity index (χ0) is 19.4. The van der Waals surface area contributed by atoms with Gasteiger partial charge in [0.1, 0.15) is 0 Å². The van der Waals surface area contributed by atoms with Crippen LogP contribution in [0.2, 0.25) is 0 Å². The summed E-state index contributed by atoms with van der Waals surface area (Å²) in [7, 11) is 2.57. The molecule has 0 radical (unpaired) electrons. The molecule has 0 heterocycles. The summed E-state index contributed by atoms with van der Waals surface area (Å²) < 4.78 is 15.7. The van der Waals surface area contributed by atoms with Gasteiger partial charge in [-0.15, -0.1) is 0 Å². The Balaban J connectivity index is 2.55. The highest BCUT2D eigenvalue weighted by Gasteiger charge is 2.22. The van der Waals surface area contributed by atoms with Crippen LogP contribution >= 0.6 is 0 Å². The van der Waals surface area contributed by atoms with Gasteiger partial charge in [0.05, 0.1) is 30.9 Å². The molecule has 0 bridgehead atoms. The maximum atomic E-state index is 11.3. The van der Waals surface area contributed by atoms with E-state index in [1.54, 1.807) is 0 Å². The molecular formula is C17H14O9. The maximum absolute atomic E-state index is 11.3. The fourth-order valence-corrected chi connectivity index (χ4v) is 2.16. The summed E-state index contributed by atoms with van der Waals surface area (Å²) in [5.74, 6) is -3.96. The average molecular weight is 362 g/mol. The lowest BCUT2D eigenvalue weighted by Gasteiger charge is -2.15. The number of hydrogen-bond acceptors (Lipinski definition) is 6. The molecule has 0 aromatic heterocycles. The fraction of sp³-hybridized carbons (Fsp3) is 0.118. The summed E-state index contributed by atoms with van der Waals surface area (Å²) in [6, 6.07) is 5.87. The lowest BCUT2D eigenvalue weighted by Crippen LogP contribution is -2.09. The number of carboxylic acids is 3. The van der Waals surface area contributed by atoms with Crippen LogP contribution in [0, 0.1) is 0 Å². The number of ether oxygens (including phenoxy) is 3. The minimum Gasteiger partial charge on any atom is -0.493 e. The van der Waals surface area contributed by atoms with Crippen LogP contribution in [0.5, 0.6) is 23.0 Å². The highest BCUT2D eigenvalue weighted by atomic mass is 16.5. The van der Waals surface area contributed by atoms with Crippen molar-refractivity contribution in [3.8, 4) is 23.0 Å². The SMILES string of the molecule is COc1cc(C(=O)O)ccc1Oc1cc(C(=O)O)c(C(=O)O)cc1OC. The van der Waals surface area contributed by atoms with E-state index in [9.17, 15) is 19.5 Å². The number of hydrogen-bond donors (Lipinski definition) is 3. The molecule has 2 aromatic rings. The molecule has 26 heavy (non-hydrogen) atoms. The monoisotopic (exact) mass is 362 g/mol. The van der Waals surface area contributed by atoms with Gasteiger partial charge in [0.15, 0.2) is 23.0 Å². The van der Waals surface area contributed by atoms with Crippen LogP contribution in [-0.4, -0.2) is 47.4 Å². The largest absolute Gasteiger partial charge is 0.493 e. The predicted molar refractivity (Wildman–Crippen MR) is 86.9 cm³/mol. The summed E-state index contributed by atoms with van der Waals surface area (Å²) in [4.78, 5) is 33.6. The van der Waals surface area contributed by atoms with Gasteiger partial charge in [-0.1, -0.05) is 0 Å². The molecule has 0 atom stereocenters. The van der Waals surface area contributed by atoms with Crippen molar-refractivity contribution in [2.45, 2.75) is 0 Å². The number of benzene rings is 2. The van der Waals surface area contributed by atoms with E-state index in [0.717, 1.165) is 12.1 Å². The molecule has 3 N–H and O–H groups in total. The Bertz CT molecular complexity index is 886. The molecule has 0 amide bonds. The van der Waals surface area contributed by atoms with E-state index in [-0.39, 0.29) is 28.6 Å². The zero-order valence-corrected chi connectivity index (χ0v) is 13.7. The molecule has 0 aliphatic heterocycles. The van der Waals surface area contributed by atoms with Crippen molar-refractivity contribution in [2.75, 3.05) is 14.2 Å². The number of rotatable bonds is 7. The number of carbonyl (C=O) groups is 3. The summed E-state index contributed by atoms with van der Waals surface area (Å²) in [5, 5.41) is 27.4. The van der Waals surface area contributed by atoms with E-state index in [1.807, 2.05) is 0 Å². The Morgan fingerprint density at radius 2 is 1.19 bits per heavy atom. The summed E-state index contributed by atoms with van der Waals surface area (Å²) in [6.45, 7) is 0. The van der Waals surface area contributed by atoms with Gasteiger partial charge in [-0.05, 0) is 24.3 Å². The van der Waals surface area contributed by atoms with Crippen LogP contribution in [0.15, 0.2) is 30.3 Å². The minimum atomic E-state index is -1.46. The topological polar surface area (TPSA) is 140 Å². The third kappa shape index (κ3) is 3.66. The van der Waals surface area contributed by atoms with Gasteiger partial charge in [-0.3, -0.25) is 0 Å². The van der Waals surface area contributed by atoms with Gasteiger partial charge < -0.3 is 29.5 Å². The van der Waals surface area contributed by atoms with Crippen LogP contribution in [0.4, 0.5) is 0 Å². The molecule has 0 fully saturated rings. The number of methoxy groups -OCH3 is 2. The first-order valence-electron chi connectivity index (χ1n) is 7.06. The number of carboxylic acid groups (broad SMARTS) is 3. The molecule has 9 heteroatoms. The second-order valence-electron chi connectivity index (χ2n) is 4.93. The van der Waals surface area contributed by atoms with Crippen molar-refractivity contribution in [3.63, 3.8) is 0 Å². The molecular weight excluding hydrogens is 348 g/mol. The van der Waals surface area contributed by atoms with E-state index in [4.69, 9.17) is 24.4 Å². The van der Waals surface area contributed by atoms with Crippen LogP contribution in [-0.2, 0) is 0 Å². The molecule has 0 unspecified atom stereocenters. The van der Waals surface area contributed by atoms with E-state index in [0.29, 0.717) is 0 Å². The second kappa shape index (κ2) is 7.43. The first-order valence-corrected chi connectivity index (χ1v) is 7.06. The lowest BCUT2D eigenvalue weighted by molar-refractivity contribution is 0.0651. The zero-order valence-electron chi connectivity index (χ0n) is 13.7. The molecule has 2 aromatic carbocycles. The van der Waals surface area contributed by atoms with Crippen LogP contribution in [0.1, 0.15) is 31.1 Å². The van der Waals surface area contributed by atoms with E-state index in [2.05, 4.69) is 0 Å². The first-order chi connectivity index (χ1) is 12.3. The van der Waals surface area contributed by atoms with Crippen molar-refractivity contribution >= 4 is 17.9 Å². The molecule has 0 spiro atoms. The smallest absolute Gasteiger partial charge is 0.336 e. The van der Waals surface area contributed by atoms with Crippen molar-refractivity contribution in [3.05, 3.63) is 47.0 Å². The van der Waals surface area contributed by atoms with Gasteiger partial charge in [0.2, 0.25) is 0 Å². The average Bonchev–Trinajstić information content (AvgIpc) is 2.61. The molecule has 9 nitrogen and oxygen atoms in total. The molecule has 0 aliphatic rings. The predicted octanol–water partition coefficient (Wildman–Crippen LogP) is 2.59. The standard InChI is InChI=1S/C17H14O9/c1-24-12-5-8(15(18)19)3-4-11(12)26-14-7-10(17(22)23)9(16(20)21)6-13(14)25-2/h3-7H,1-2H3,(H,18,19)(H,20,21)(H,22,23). The van der Waals surface area contributed by atoms with Gasteiger partial charge in [-0.25, -0.2) is 14.4 Å². The van der Waals surface area contributed by atoms with E-state index in [1.165, 1.54) is 32.4 Å². The Morgan fingerprint density at radius 3 is 1.65 bits per heavy atom. The summed E-state index contributed by atoms with van der Waals surface area (Å²) in [5.41, 5.74) is -0.988. The third-order valence-electron chi connectivity index (χ3n) is 3.40. The fourth-order valence-electron chi connectivity index (χ4n) is 2.16. The molecule has 0 saturated carbocycles. The Labute approximate surface area is 147 Å². The molecule has 136 valence electrons. The number of aromatic carboxylic acids is 3. The van der Waals surface area contributed by atoms with Gasteiger partial charge in [0, 0.05) is 6.07 Å². The molecule has 2 rings (SSSR count). The van der Waals surface area contributed by atoms with Crippen molar-refractivity contribution < 1.29 is 43.9 Å². The van der Waals surface area contributed by atoms with E-state index < -0.39 is 29.0 Å². The van der Waals surface area contributed by atoms with Gasteiger partial charge in [-0.2, -0.15) is 0 Å². The van der Waals surface area contributed by atoms with Crippen molar-refractivity contribution in [2.24, 2.45) is 0 Å².